The Kier molecular flexibility index (Phi) is 10.4. The minimum atomic E-state index is -0.872. The Morgan fingerprint density at radius 2 is 1.90 bits per heavy atom. The van der Waals surface area contributed by atoms with Crippen molar-refractivity contribution >= 4 is 28.4 Å². The van der Waals surface area contributed by atoms with E-state index in [1.54, 1.807) is 13.0 Å². The number of nitrogens with one attached hydrogen (secondary N) is 2. The molecular weight excluding hydrogens is 396 g/mol. The van der Waals surface area contributed by atoms with Crippen molar-refractivity contribution in [3.63, 3.8) is 0 Å². The highest BCUT2D eigenvalue weighted by molar-refractivity contribution is 6.03. The summed E-state index contributed by atoms with van der Waals surface area (Å²) in [5, 5.41) is 11.3. The van der Waals surface area contributed by atoms with Gasteiger partial charge in [-0.05, 0) is 30.7 Å². The lowest BCUT2D eigenvalue weighted by Crippen LogP contribution is -2.26. The number of carbonyl (C=O) groups is 1. The van der Waals surface area contributed by atoms with Gasteiger partial charge in [0.25, 0.3) is 5.91 Å². The van der Waals surface area contributed by atoms with E-state index in [0.29, 0.717) is 5.56 Å². The first kappa shape index (κ1) is 25.0. The molecule has 0 unspecified atom stereocenters. The number of halogens is 2. The van der Waals surface area contributed by atoms with Crippen molar-refractivity contribution in [2.24, 2.45) is 0 Å². The predicted octanol–water partition coefficient (Wildman–Crippen LogP) is 4.86. The Balaban J connectivity index is 0.00000106. The number of rotatable bonds is 6. The third-order valence-electron chi connectivity index (χ3n) is 3.55. The van der Waals surface area contributed by atoms with Gasteiger partial charge in [-0.1, -0.05) is 33.8 Å². The Labute approximate surface area is 174 Å². The summed E-state index contributed by atoms with van der Waals surface area (Å²) in [5.74, 6) is -2.28. The molecule has 9 heteroatoms. The minimum absolute atomic E-state index is 0.0114. The molecule has 0 saturated carbocycles. The quantitative estimate of drug-likeness (QED) is 0.387. The summed E-state index contributed by atoms with van der Waals surface area (Å²) in [6, 6.07) is 5.61. The molecule has 0 fully saturated rings. The van der Waals surface area contributed by atoms with Gasteiger partial charge in [0.2, 0.25) is 0 Å². The van der Waals surface area contributed by atoms with Crippen LogP contribution in [-0.2, 0) is 4.84 Å². The van der Waals surface area contributed by atoms with Crippen molar-refractivity contribution in [1.82, 2.24) is 10.5 Å². The number of oxazole rings is 1. The molecule has 0 saturated heterocycles. The molecule has 0 aliphatic heterocycles. The maximum atomic E-state index is 14.8. The number of aryl methyl sites for hydroxylation is 1. The number of hydroxylamine groups is 1. The van der Waals surface area contributed by atoms with Crippen LogP contribution in [0.3, 0.4) is 0 Å². The topological polar surface area (TPSA) is 96.6 Å². The smallest absolute Gasteiger partial charge is 0.277 e. The van der Waals surface area contributed by atoms with Crippen molar-refractivity contribution in [3.8, 4) is 0 Å². The van der Waals surface area contributed by atoms with E-state index in [0.717, 1.165) is 6.39 Å². The van der Waals surface area contributed by atoms with E-state index < -0.39 is 17.5 Å². The van der Waals surface area contributed by atoms with E-state index in [1.165, 1.54) is 18.2 Å². The van der Waals surface area contributed by atoms with Crippen molar-refractivity contribution in [2.45, 2.75) is 34.6 Å². The fourth-order valence-electron chi connectivity index (χ4n) is 2.34. The van der Waals surface area contributed by atoms with Crippen LogP contribution in [0.5, 0.6) is 0 Å². The van der Waals surface area contributed by atoms with Crippen LogP contribution in [0, 0.1) is 18.6 Å². The Morgan fingerprint density at radius 1 is 1.20 bits per heavy atom. The molecule has 164 valence electrons. The fraction of sp³-hybridized carbons (Fsp3) is 0.333. The van der Waals surface area contributed by atoms with Gasteiger partial charge in [-0.25, -0.2) is 19.2 Å². The molecule has 0 atom stereocenters. The first-order chi connectivity index (χ1) is 14.5. The van der Waals surface area contributed by atoms with Gasteiger partial charge in [-0.3, -0.25) is 9.63 Å². The number of amides is 1. The van der Waals surface area contributed by atoms with Crippen LogP contribution in [-0.4, -0.2) is 29.2 Å². The maximum absolute atomic E-state index is 14.8. The maximum Gasteiger partial charge on any atom is 0.277 e. The van der Waals surface area contributed by atoms with E-state index >= 15 is 0 Å². The van der Waals surface area contributed by atoms with Crippen molar-refractivity contribution < 1.29 is 27.9 Å². The average Bonchev–Trinajstić information content (AvgIpc) is 3.23. The fourth-order valence-corrected chi connectivity index (χ4v) is 2.34. The van der Waals surface area contributed by atoms with Gasteiger partial charge in [0.15, 0.2) is 17.8 Å². The Hall–Kier alpha value is -3.04. The summed E-state index contributed by atoms with van der Waals surface area (Å²) in [6.07, 6.45) is 1.04. The summed E-state index contributed by atoms with van der Waals surface area (Å²) in [7, 11) is 0. The van der Waals surface area contributed by atoms with Crippen molar-refractivity contribution in [1.29, 1.82) is 0 Å². The Bertz CT molecular complexity index is 961. The molecule has 0 spiro atoms. The van der Waals surface area contributed by atoms with Gasteiger partial charge in [0.05, 0.1) is 30.2 Å². The zero-order chi connectivity index (χ0) is 22.7. The summed E-state index contributed by atoms with van der Waals surface area (Å²) < 4.78 is 34.0. The molecule has 3 aromatic rings. The van der Waals surface area contributed by atoms with Crippen LogP contribution >= 0.6 is 0 Å². The van der Waals surface area contributed by atoms with Crippen LogP contribution < -0.4 is 10.8 Å². The zero-order valence-electron chi connectivity index (χ0n) is 17.7. The highest BCUT2D eigenvalue weighted by Crippen LogP contribution is 2.31. The largest absolute Gasteiger partial charge is 0.443 e. The van der Waals surface area contributed by atoms with Gasteiger partial charge in [0, 0.05) is 0 Å². The number of aromatic nitrogens is 1. The standard InChI is InChI=1S/C17H15F2N3O4.2C2H6/c1-9-2-3-12(11(18)6-9)21-15-10(17(24)22-26-5-4-23)7-13-16(14(15)19)20-8-25-13;2*1-2/h2-3,6-8,21,23H,4-5H2,1H3,(H,22,24);2*1-2H3. The van der Waals surface area contributed by atoms with Gasteiger partial charge < -0.3 is 14.8 Å². The first-order valence-corrected chi connectivity index (χ1v) is 9.63. The van der Waals surface area contributed by atoms with Gasteiger partial charge in [-0.2, -0.15) is 0 Å². The normalized spacial score (nSPS) is 9.87. The number of fused-ring (bicyclic) bond motifs is 1. The molecule has 30 heavy (non-hydrogen) atoms. The van der Waals surface area contributed by atoms with Crippen molar-refractivity contribution in [2.75, 3.05) is 18.5 Å². The highest BCUT2D eigenvalue weighted by Gasteiger charge is 2.22. The molecule has 1 amide bonds. The lowest BCUT2D eigenvalue weighted by atomic mass is 10.1. The number of anilines is 2. The van der Waals surface area contributed by atoms with Gasteiger partial charge in [-0.15, -0.1) is 0 Å². The molecule has 3 N–H and O–H groups in total. The van der Waals surface area contributed by atoms with E-state index in [2.05, 4.69) is 15.8 Å². The number of aliphatic hydroxyl groups excluding tert-OH is 1. The minimum Gasteiger partial charge on any atom is -0.443 e. The number of aliphatic hydroxyl groups is 1. The molecular formula is C21H27F2N3O4. The van der Waals surface area contributed by atoms with Crippen LogP contribution in [0.1, 0.15) is 43.6 Å². The number of benzene rings is 2. The molecule has 1 aromatic heterocycles. The number of hydrogen-bond acceptors (Lipinski definition) is 6. The second-order valence-electron chi connectivity index (χ2n) is 5.42. The SMILES string of the molecule is CC.CC.Cc1ccc(Nc2c(C(=O)NOCCO)cc3ocnc3c2F)c(F)c1. The summed E-state index contributed by atoms with van der Waals surface area (Å²) in [6.45, 7) is 9.26. The van der Waals surface area contributed by atoms with Gasteiger partial charge in [0.1, 0.15) is 11.3 Å². The third-order valence-corrected chi connectivity index (χ3v) is 3.55. The second-order valence-corrected chi connectivity index (χ2v) is 5.42. The Morgan fingerprint density at radius 3 is 2.53 bits per heavy atom. The summed E-state index contributed by atoms with van der Waals surface area (Å²) >= 11 is 0. The van der Waals surface area contributed by atoms with Crippen LogP contribution in [0.25, 0.3) is 11.1 Å². The predicted molar refractivity (Wildman–Crippen MR) is 112 cm³/mol. The van der Waals surface area contributed by atoms with Gasteiger partial charge >= 0.3 is 0 Å². The number of carbonyl (C=O) groups excluding carboxylic acids is 1. The van der Waals surface area contributed by atoms with Crippen LogP contribution in [0.15, 0.2) is 35.1 Å². The molecule has 7 nitrogen and oxygen atoms in total. The third kappa shape index (κ3) is 5.98. The molecule has 0 bridgehead atoms. The zero-order valence-corrected chi connectivity index (χ0v) is 17.7. The number of hydrogen-bond donors (Lipinski definition) is 3. The molecule has 0 radical (unpaired) electrons. The summed E-state index contributed by atoms with van der Waals surface area (Å²) in [5.41, 5.74) is 2.24. The molecule has 0 aliphatic rings. The second kappa shape index (κ2) is 12.5. The van der Waals surface area contributed by atoms with E-state index in [9.17, 15) is 13.6 Å². The lowest BCUT2D eigenvalue weighted by Gasteiger charge is -2.14. The van der Waals surface area contributed by atoms with Crippen molar-refractivity contribution in [3.05, 3.63) is 53.4 Å². The molecule has 0 aliphatic carbocycles. The van der Waals surface area contributed by atoms with Crippen LogP contribution in [0.4, 0.5) is 20.2 Å². The first-order valence-electron chi connectivity index (χ1n) is 9.63. The van der Waals surface area contributed by atoms with E-state index in [4.69, 9.17) is 14.4 Å². The molecule has 2 aromatic carbocycles. The van der Waals surface area contributed by atoms with E-state index in [1.807, 2.05) is 27.7 Å². The summed E-state index contributed by atoms with van der Waals surface area (Å²) in [4.78, 5) is 20.8. The number of nitrogens with zero attached hydrogens (tertiary/aromatic N) is 1. The van der Waals surface area contributed by atoms with E-state index in [-0.39, 0.29) is 41.3 Å². The molecule has 3 rings (SSSR count). The average molecular weight is 423 g/mol. The van der Waals surface area contributed by atoms with Crippen LogP contribution in [0.2, 0.25) is 0 Å². The monoisotopic (exact) mass is 423 g/mol. The lowest BCUT2D eigenvalue weighted by molar-refractivity contribution is 0.0169. The molecule has 1 heterocycles. The highest BCUT2D eigenvalue weighted by atomic mass is 19.1.